The maximum atomic E-state index is 13.1. The lowest BCUT2D eigenvalue weighted by Crippen LogP contribution is -3.00. The highest BCUT2D eigenvalue weighted by atomic mass is 35.5. The third kappa shape index (κ3) is 8.37. The fourth-order valence-corrected chi connectivity index (χ4v) is 10.3. The third-order valence-corrected chi connectivity index (χ3v) is 13.8. The van der Waals surface area contributed by atoms with Gasteiger partial charge in [-0.15, -0.1) is 29.4 Å². The molecule has 1 aromatic heterocycles. The van der Waals surface area contributed by atoms with Crippen molar-refractivity contribution in [2.24, 2.45) is 0 Å². The van der Waals surface area contributed by atoms with Crippen LogP contribution in [0.4, 0.5) is 45.5 Å². The zero-order valence-electron chi connectivity index (χ0n) is 41.0. The lowest BCUT2D eigenvalue weighted by atomic mass is 9.93. The highest BCUT2D eigenvalue weighted by molar-refractivity contribution is 6.04. The molecule has 13 heteroatoms. The van der Waals surface area contributed by atoms with E-state index in [2.05, 4.69) is 189 Å². The Labute approximate surface area is 442 Å². The molecule has 73 heavy (non-hydrogen) atoms. The van der Waals surface area contributed by atoms with Gasteiger partial charge in [0.05, 0.1) is 45.2 Å². The predicted molar refractivity (Wildman–Crippen MR) is 304 cm³/mol. The summed E-state index contributed by atoms with van der Waals surface area (Å²) >= 11 is 0. The van der Waals surface area contributed by atoms with E-state index < -0.39 is 0 Å². The van der Waals surface area contributed by atoms with Crippen LogP contribution >= 0.6 is 24.8 Å². The molecule has 0 saturated carbocycles. The van der Waals surface area contributed by atoms with E-state index in [1.165, 1.54) is 0 Å². The minimum Gasteiger partial charge on any atom is -1.00 e. The van der Waals surface area contributed by atoms with E-state index >= 15 is 0 Å². The van der Waals surface area contributed by atoms with E-state index in [1.54, 1.807) is 6.07 Å². The van der Waals surface area contributed by atoms with Crippen molar-refractivity contribution in [3.8, 4) is 45.0 Å². The van der Waals surface area contributed by atoms with E-state index in [1.807, 2.05) is 52.3 Å². The van der Waals surface area contributed by atoms with E-state index in [-0.39, 0.29) is 42.6 Å². The zero-order valence-corrected chi connectivity index (χ0v) is 43.4. The number of halogens is 3. The zero-order chi connectivity index (χ0) is 47.8. The molecule has 10 nitrogen and oxygen atoms in total. The molecule has 364 valence electrons. The summed E-state index contributed by atoms with van der Waals surface area (Å²) in [7, 11) is 5.90. The van der Waals surface area contributed by atoms with Gasteiger partial charge < -0.3 is 43.1 Å². The third-order valence-electron chi connectivity index (χ3n) is 13.8. The van der Waals surface area contributed by atoms with Crippen molar-refractivity contribution in [1.82, 2.24) is 14.5 Å². The molecular formula is C60H52Cl3N9O. The molecule has 0 atom stereocenters. The van der Waals surface area contributed by atoms with Crippen LogP contribution in [0, 0.1) is 20.8 Å². The van der Waals surface area contributed by atoms with Crippen molar-refractivity contribution in [2.75, 3.05) is 47.3 Å². The Hall–Kier alpha value is -8.15. The number of benzene rings is 9. The van der Waals surface area contributed by atoms with Gasteiger partial charge in [-0.1, -0.05) is 54.6 Å². The van der Waals surface area contributed by atoms with Crippen LogP contribution in [-0.2, 0) is 0 Å². The molecular weight excluding hydrogens is 969 g/mol. The van der Waals surface area contributed by atoms with Gasteiger partial charge in [0.15, 0.2) is 5.43 Å². The maximum absolute atomic E-state index is 13.1. The van der Waals surface area contributed by atoms with Crippen molar-refractivity contribution in [3.05, 3.63) is 197 Å². The summed E-state index contributed by atoms with van der Waals surface area (Å²) < 4.78 is 4.47. The molecule has 0 fully saturated rings. The normalized spacial score (nSPS) is 11.5. The minimum atomic E-state index is -0.0139. The number of aryl methyl sites for hydroxylation is 3. The van der Waals surface area contributed by atoms with Crippen LogP contribution in [0.15, 0.2) is 175 Å². The van der Waals surface area contributed by atoms with Gasteiger partial charge in [-0.3, -0.25) is 4.79 Å². The second kappa shape index (κ2) is 19.8. The van der Waals surface area contributed by atoms with Crippen molar-refractivity contribution in [1.29, 1.82) is 0 Å². The number of nitrogens with zero attached hydrogens (tertiary/aromatic N) is 5. The molecule has 0 amide bonds. The first-order valence-corrected chi connectivity index (χ1v) is 23.6. The van der Waals surface area contributed by atoms with Gasteiger partial charge in [-0.25, -0.2) is 9.97 Å². The molecule has 4 N–H and O–H groups in total. The summed E-state index contributed by atoms with van der Waals surface area (Å²) in [6.45, 7) is 6.20. The summed E-state index contributed by atoms with van der Waals surface area (Å²) in [5.74, 6) is 0. The molecule has 0 saturated heterocycles. The highest BCUT2D eigenvalue weighted by Crippen LogP contribution is 2.53. The molecule has 0 radical (unpaired) electrons. The second-order valence-corrected chi connectivity index (χ2v) is 18.1. The van der Waals surface area contributed by atoms with Gasteiger partial charge in [-0.05, 0) is 134 Å². The molecule has 0 bridgehead atoms. The first-order chi connectivity index (χ1) is 34.2. The fraction of sp³-hybridized carbons (Fsp3) is 0.100. The molecule has 8 aromatic carbocycles. The van der Waals surface area contributed by atoms with Crippen LogP contribution < -0.4 is 48.6 Å². The van der Waals surface area contributed by atoms with Crippen molar-refractivity contribution < 1.29 is 17.0 Å². The first kappa shape index (κ1) is 49.8. The molecule has 3 aliphatic rings. The number of hydrogen-bond donors (Lipinski definition) is 4. The van der Waals surface area contributed by atoms with Crippen LogP contribution in [-0.4, -0.2) is 35.7 Å². The van der Waals surface area contributed by atoms with Crippen molar-refractivity contribution in [3.63, 3.8) is 0 Å². The Morgan fingerprint density at radius 2 is 1.11 bits per heavy atom. The molecule has 0 spiro atoms. The van der Waals surface area contributed by atoms with Crippen LogP contribution in [0.2, 0.25) is 0 Å². The molecule has 1 aliphatic carbocycles. The quantitative estimate of drug-likeness (QED) is 0.0882. The number of fused-ring (bicyclic) bond motifs is 6. The van der Waals surface area contributed by atoms with Gasteiger partial charge in [0.2, 0.25) is 16.7 Å². The lowest BCUT2D eigenvalue weighted by molar-refractivity contribution is -0.538. The van der Waals surface area contributed by atoms with Crippen LogP contribution in [0.25, 0.3) is 78.1 Å². The number of rotatable bonds is 8. The minimum absolute atomic E-state index is 0. The van der Waals surface area contributed by atoms with Gasteiger partial charge >= 0.3 is 0 Å². The van der Waals surface area contributed by atoms with E-state index in [0.717, 1.165) is 135 Å². The molecule has 9 aromatic rings. The van der Waals surface area contributed by atoms with Gasteiger partial charge in [0, 0.05) is 91.0 Å². The summed E-state index contributed by atoms with van der Waals surface area (Å²) in [6.07, 6.45) is 0. The Bertz CT molecular complexity index is 3950. The Morgan fingerprint density at radius 3 is 1.81 bits per heavy atom. The van der Waals surface area contributed by atoms with Gasteiger partial charge in [0.25, 0.3) is 0 Å². The number of hydrogen-bond acceptors (Lipinski definition) is 8. The topological polar surface area (TPSA) is 103 Å². The van der Waals surface area contributed by atoms with Crippen LogP contribution in [0.5, 0.6) is 0 Å². The average Bonchev–Trinajstić information content (AvgIpc) is 3.39. The standard InChI is InChI=1S/C60H49N9O.3ClH/c1-35-24-49-55(67(39-16-10-7-11-17-39)54-27-38(61-4)22-23-46(54)64-49)30-42(35)44-28-52-57(32-47(44)62-5)68(40-18-12-8-13-19-40)56-31-43(36(2)25-50(56)65-52)45-29-53-58(33-48(45)63-6)69(41-20-14-9-15-21-41)59-34-60(70)37(3)26-51(59)66-53;;;/h7-34H,1-6H3,(H3,61,62,63,64,65,66,70);3*1H. The van der Waals surface area contributed by atoms with Crippen LogP contribution in [0.1, 0.15) is 16.7 Å². The molecule has 2 aliphatic heterocycles. The maximum Gasteiger partial charge on any atom is 0.239 e. The number of nitrogens with one attached hydrogen (secondary N) is 4. The van der Waals surface area contributed by atoms with Crippen molar-refractivity contribution >= 4 is 103 Å². The van der Waals surface area contributed by atoms with E-state index in [0.29, 0.717) is 5.56 Å². The second-order valence-electron chi connectivity index (χ2n) is 18.1. The Balaban J connectivity index is 0.00000219. The Kier molecular flexibility index (Phi) is 13.5. The summed E-state index contributed by atoms with van der Waals surface area (Å²) in [5.41, 5.74) is 24.3. The number of para-hydroxylation sites is 3. The lowest BCUT2D eigenvalue weighted by Gasteiger charge is -2.36. The van der Waals surface area contributed by atoms with E-state index in [9.17, 15) is 4.79 Å². The SMILES string of the molecule is CNc1ccc2nc3cc(C)c(-c4cc5c(cc4NC)N(c4ccccc4)c4cc(-c6cc7nc8cc(C)c(=O)cc-8n(-c8ccccc8)c7cc6NC)c(C)cc4N5)cc3[n+](-c3ccccc3)c2c1.Cl.Cl.[Cl-]. The Morgan fingerprint density at radius 1 is 0.507 bits per heavy atom. The monoisotopic (exact) mass is 1020 g/mol. The number of aromatic nitrogens is 4. The molecule has 3 heterocycles. The number of anilines is 8. The van der Waals surface area contributed by atoms with Gasteiger partial charge in [0.1, 0.15) is 11.0 Å². The summed E-state index contributed by atoms with van der Waals surface area (Å²) in [4.78, 5) is 25.9. The van der Waals surface area contributed by atoms with Crippen LogP contribution in [0.3, 0.4) is 0 Å². The van der Waals surface area contributed by atoms with Crippen molar-refractivity contribution in [2.45, 2.75) is 20.8 Å². The van der Waals surface area contributed by atoms with E-state index in [4.69, 9.17) is 9.97 Å². The predicted octanol–water partition coefficient (Wildman–Crippen LogP) is 11.2. The summed E-state index contributed by atoms with van der Waals surface area (Å²) in [6, 6.07) is 59.2. The molecule has 0 unspecified atom stereocenters. The summed E-state index contributed by atoms with van der Waals surface area (Å²) in [5, 5.41) is 14.4. The highest BCUT2D eigenvalue weighted by Gasteiger charge is 2.30. The smallest absolute Gasteiger partial charge is 0.239 e. The largest absolute Gasteiger partial charge is 1.00 e. The molecule has 12 rings (SSSR count). The average molecular weight is 1020 g/mol. The van der Waals surface area contributed by atoms with Gasteiger partial charge in [-0.2, -0.15) is 0 Å². The first-order valence-electron chi connectivity index (χ1n) is 23.6. The fourth-order valence-electron chi connectivity index (χ4n) is 10.3.